The summed E-state index contributed by atoms with van der Waals surface area (Å²) in [5.74, 6) is 0.482. The number of thiazole rings is 1. The molecular weight excluding hydrogens is 230 g/mol. The van der Waals surface area contributed by atoms with Crippen LogP contribution in [0.25, 0.3) is 21.7 Å². The van der Waals surface area contributed by atoms with Crippen LogP contribution in [0.1, 0.15) is 0 Å². The molecule has 0 fully saturated rings. The molecule has 3 rings (SSSR count). The molecule has 0 bridgehead atoms. The minimum absolute atomic E-state index is 0.273. The highest BCUT2D eigenvalue weighted by Crippen LogP contribution is 2.25. The van der Waals surface area contributed by atoms with Crippen molar-refractivity contribution in [1.82, 2.24) is 15.2 Å². The lowest BCUT2D eigenvalue weighted by molar-refractivity contribution is 0.468. The molecule has 0 N–H and O–H groups in total. The second kappa shape index (κ2) is 3.32. The number of nitrogens with zero attached hydrogens (tertiary/aromatic N) is 3. The fourth-order valence-electron chi connectivity index (χ4n) is 1.32. The van der Waals surface area contributed by atoms with E-state index >= 15 is 0 Å². The van der Waals surface area contributed by atoms with Gasteiger partial charge in [0.05, 0.1) is 15.7 Å². The molecule has 15 heavy (non-hydrogen) atoms. The van der Waals surface area contributed by atoms with Crippen LogP contribution < -0.4 is 0 Å². The first-order valence-electron chi connectivity index (χ1n) is 4.19. The van der Waals surface area contributed by atoms with Crippen LogP contribution in [0.3, 0.4) is 0 Å². The Morgan fingerprint density at radius 1 is 1.27 bits per heavy atom. The number of hydrogen-bond acceptors (Lipinski definition) is 6. The summed E-state index contributed by atoms with van der Waals surface area (Å²) in [6, 6.07) is 5.82. The van der Waals surface area contributed by atoms with Gasteiger partial charge in [-0.25, -0.2) is 4.98 Å². The van der Waals surface area contributed by atoms with Gasteiger partial charge in [-0.05, 0) is 18.2 Å². The van der Waals surface area contributed by atoms with Gasteiger partial charge < -0.3 is 4.42 Å². The Labute approximate surface area is 94.4 Å². The zero-order valence-corrected chi connectivity index (χ0v) is 9.13. The predicted octanol–water partition coefficient (Wildman–Crippen LogP) is 2.64. The number of thiol groups is 1. The number of hydrogen-bond donors (Lipinski definition) is 1. The van der Waals surface area contributed by atoms with Gasteiger partial charge in [-0.3, -0.25) is 0 Å². The van der Waals surface area contributed by atoms with Crippen LogP contribution in [0.15, 0.2) is 33.3 Å². The van der Waals surface area contributed by atoms with Gasteiger partial charge in [-0.1, -0.05) is 12.6 Å². The average molecular weight is 235 g/mol. The van der Waals surface area contributed by atoms with E-state index in [1.807, 2.05) is 23.7 Å². The Balaban J connectivity index is 2.18. The lowest BCUT2D eigenvalue weighted by atomic mass is 10.2. The predicted molar refractivity (Wildman–Crippen MR) is 60.2 cm³/mol. The molecule has 0 spiro atoms. The third kappa shape index (κ3) is 1.51. The Bertz CT molecular complexity index is 616. The summed E-state index contributed by atoms with van der Waals surface area (Å²) in [4.78, 5) is 4.20. The standard InChI is InChI=1S/C9H5N3OS2/c14-9-12-11-8(13-9)5-1-2-6-7(3-5)15-4-10-6/h1-4H,(H,12,14). The third-order valence-corrected chi connectivity index (χ3v) is 2.97. The van der Waals surface area contributed by atoms with Crippen LogP contribution >= 0.6 is 24.0 Å². The fourth-order valence-corrected chi connectivity index (χ4v) is 2.17. The molecule has 0 amide bonds. The van der Waals surface area contributed by atoms with E-state index in [2.05, 4.69) is 27.8 Å². The van der Waals surface area contributed by atoms with Crippen molar-refractivity contribution in [1.29, 1.82) is 0 Å². The van der Waals surface area contributed by atoms with E-state index in [0.29, 0.717) is 5.89 Å². The summed E-state index contributed by atoms with van der Waals surface area (Å²) in [7, 11) is 0. The van der Waals surface area contributed by atoms with E-state index in [1.165, 1.54) is 0 Å². The van der Waals surface area contributed by atoms with Gasteiger partial charge in [-0.15, -0.1) is 21.5 Å². The number of benzene rings is 1. The van der Waals surface area contributed by atoms with Gasteiger partial charge in [0.25, 0.3) is 5.22 Å². The van der Waals surface area contributed by atoms with Crippen molar-refractivity contribution in [3.63, 3.8) is 0 Å². The summed E-state index contributed by atoms with van der Waals surface area (Å²) in [6.07, 6.45) is 0. The van der Waals surface area contributed by atoms with E-state index in [9.17, 15) is 0 Å². The van der Waals surface area contributed by atoms with Crippen molar-refractivity contribution in [3.05, 3.63) is 23.7 Å². The first-order chi connectivity index (χ1) is 7.33. The monoisotopic (exact) mass is 235 g/mol. The SMILES string of the molecule is Sc1nnc(-c2ccc3ncsc3c2)o1. The summed E-state index contributed by atoms with van der Waals surface area (Å²) in [6.45, 7) is 0. The highest BCUT2D eigenvalue weighted by molar-refractivity contribution is 7.80. The first kappa shape index (κ1) is 8.87. The number of fused-ring (bicyclic) bond motifs is 1. The Kier molecular flexibility index (Phi) is 1.96. The van der Waals surface area contributed by atoms with E-state index in [-0.39, 0.29) is 5.22 Å². The lowest BCUT2D eigenvalue weighted by Gasteiger charge is -1.93. The van der Waals surface area contributed by atoms with Crippen molar-refractivity contribution in [2.24, 2.45) is 0 Å². The Morgan fingerprint density at radius 2 is 2.20 bits per heavy atom. The average Bonchev–Trinajstić information content (AvgIpc) is 2.84. The largest absolute Gasteiger partial charge is 0.411 e. The number of rotatable bonds is 1. The van der Waals surface area contributed by atoms with Gasteiger partial charge in [0.2, 0.25) is 5.89 Å². The smallest absolute Gasteiger partial charge is 0.273 e. The minimum atomic E-state index is 0.273. The van der Waals surface area contributed by atoms with Gasteiger partial charge in [0.15, 0.2) is 0 Å². The Hall–Kier alpha value is -1.40. The lowest BCUT2D eigenvalue weighted by Crippen LogP contribution is -1.77. The Morgan fingerprint density at radius 3 is 3.00 bits per heavy atom. The molecule has 0 aliphatic rings. The second-order valence-corrected chi connectivity index (χ2v) is 4.19. The maximum absolute atomic E-state index is 5.22. The van der Waals surface area contributed by atoms with Crippen molar-refractivity contribution < 1.29 is 4.42 Å². The van der Waals surface area contributed by atoms with E-state index in [4.69, 9.17) is 4.42 Å². The molecule has 0 saturated carbocycles. The topological polar surface area (TPSA) is 51.8 Å². The van der Waals surface area contributed by atoms with E-state index < -0.39 is 0 Å². The molecule has 2 heterocycles. The van der Waals surface area contributed by atoms with Crippen molar-refractivity contribution in [2.75, 3.05) is 0 Å². The summed E-state index contributed by atoms with van der Waals surface area (Å²) >= 11 is 5.55. The van der Waals surface area contributed by atoms with Crippen molar-refractivity contribution in [2.45, 2.75) is 5.22 Å². The normalized spacial score (nSPS) is 11.0. The molecule has 0 saturated heterocycles. The maximum atomic E-state index is 5.22. The fraction of sp³-hybridized carbons (Fsp3) is 0. The molecule has 0 atom stereocenters. The van der Waals surface area contributed by atoms with Crippen LogP contribution in [-0.4, -0.2) is 15.2 Å². The van der Waals surface area contributed by atoms with Crippen LogP contribution in [0.4, 0.5) is 0 Å². The number of aromatic nitrogens is 3. The van der Waals surface area contributed by atoms with E-state index in [1.54, 1.807) is 11.3 Å². The first-order valence-corrected chi connectivity index (χ1v) is 5.52. The van der Waals surface area contributed by atoms with Crippen molar-refractivity contribution in [3.8, 4) is 11.5 Å². The zero-order chi connectivity index (χ0) is 10.3. The molecule has 4 nitrogen and oxygen atoms in total. The molecule has 1 aromatic carbocycles. The summed E-state index contributed by atoms with van der Waals surface area (Å²) in [5.41, 5.74) is 3.68. The van der Waals surface area contributed by atoms with Gasteiger partial charge in [0, 0.05) is 5.56 Å². The highest BCUT2D eigenvalue weighted by Gasteiger charge is 2.07. The molecule has 6 heteroatoms. The maximum Gasteiger partial charge on any atom is 0.273 e. The third-order valence-electron chi connectivity index (χ3n) is 1.99. The summed E-state index contributed by atoms with van der Waals surface area (Å²) < 4.78 is 6.32. The van der Waals surface area contributed by atoms with E-state index in [0.717, 1.165) is 15.8 Å². The molecule has 74 valence electrons. The van der Waals surface area contributed by atoms with Gasteiger partial charge in [0.1, 0.15) is 0 Å². The molecule has 0 unspecified atom stereocenters. The minimum Gasteiger partial charge on any atom is -0.411 e. The van der Waals surface area contributed by atoms with Crippen LogP contribution in [-0.2, 0) is 0 Å². The van der Waals surface area contributed by atoms with Gasteiger partial charge >= 0.3 is 0 Å². The quantitative estimate of drug-likeness (QED) is 0.659. The molecule has 3 aromatic rings. The molecular formula is C9H5N3OS2. The molecule has 2 aromatic heterocycles. The molecule has 0 aliphatic heterocycles. The highest BCUT2D eigenvalue weighted by atomic mass is 32.1. The zero-order valence-electron chi connectivity index (χ0n) is 7.41. The van der Waals surface area contributed by atoms with Crippen LogP contribution in [0, 0.1) is 0 Å². The van der Waals surface area contributed by atoms with Crippen LogP contribution in [0.2, 0.25) is 0 Å². The van der Waals surface area contributed by atoms with Crippen molar-refractivity contribution >= 4 is 34.2 Å². The van der Waals surface area contributed by atoms with Gasteiger partial charge in [-0.2, -0.15) is 0 Å². The molecule has 0 aliphatic carbocycles. The van der Waals surface area contributed by atoms with Crippen LogP contribution in [0.5, 0.6) is 0 Å². The molecule has 0 radical (unpaired) electrons. The second-order valence-electron chi connectivity index (χ2n) is 2.92. The summed E-state index contributed by atoms with van der Waals surface area (Å²) in [5, 5.41) is 7.84.